The summed E-state index contributed by atoms with van der Waals surface area (Å²) < 4.78 is 5.29. The van der Waals surface area contributed by atoms with Gasteiger partial charge in [-0.1, -0.05) is 48.5 Å². The van der Waals surface area contributed by atoms with Gasteiger partial charge in [0.1, 0.15) is 11.4 Å². The molecule has 0 aliphatic carbocycles. The van der Waals surface area contributed by atoms with Gasteiger partial charge in [0.2, 0.25) is 0 Å². The van der Waals surface area contributed by atoms with Crippen molar-refractivity contribution in [1.82, 2.24) is 10.3 Å². The summed E-state index contributed by atoms with van der Waals surface area (Å²) in [5.74, 6) is 0.534. The van der Waals surface area contributed by atoms with Crippen molar-refractivity contribution in [3.63, 3.8) is 0 Å². The minimum absolute atomic E-state index is 0.217. The van der Waals surface area contributed by atoms with E-state index in [0.717, 1.165) is 17.0 Å². The smallest absolute Gasteiger partial charge is 0.270 e. The first-order valence-electron chi connectivity index (χ1n) is 8.40. The number of aromatic nitrogens is 1. The van der Waals surface area contributed by atoms with Crippen LogP contribution in [-0.2, 0) is 13.1 Å². The van der Waals surface area contributed by atoms with Crippen molar-refractivity contribution in [2.24, 2.45) is 0 Å². The molecule has 1 heterocycles. The number of carbonyl (C=O) groups is 1. The van der Waals surface area contributed by atoms with Crippen molar-refractivity contribution in [2.45, 2.75) is 13.1 Å². The molecule has 1 aromatic heterocycles. The molecule has 2 aromatic carbocycles. The van der Waals surface area contributed by atoms with Crippen molar-refractivity contribution in [2.75, 3.05) is 12.4 Å². The van der Waals surface area contributed by atoms with E-state index in [1.54, 1.807) is 19.4 Å². The van der Waals surface area contributed by atoms with Crippen LogP contribution in [0.1, 0.15) is 21.6 Å². The Morgan fingerprint density at radius 2 is 1.73 bits per heavy atom. The molecule has 132 valence electrons. The molecule has 2 N–H and O–H groups in total. The molecule has 0 spiro atoms. The average molecular weight is 347 g/mol. The molecular formula is C21H21N3O2. The van der Waals surface area contributed by atoms with E-state index in [1.807, 2.05) is 48.5 Å². The number of methoxy groups -OCH3 is 1. The van der Waals surface area contributed by atoms with Crippen molar-refractivity contribution in [3.05, 3.63) is 89.7 Å². The summed E-state index contributed by atoms with van der Waals surface area (Å²) in [6.07, 6.45) is 1.67. The first-order valence-corrected chi connectivity index (χ1v) is 8.40. The van der Waals surface area contributed by atoms with Crippen molar-refractivity contribution >= 4 is 11.6 Å². The topological polar surface area (TPSA) is 63.2 Å². The molecule has 3 rings (SSSR count). The molecule has 0 bridgehead atoms. The highest BCUT2D eigenvalue weighted by atomic mass is 16.5. The van der Waals surface area contributed by atoms with Gasteiger partial charge >= 0.3 is 0 Å². The number of hydrogen-bond donors (Lipinski definition) is 2. The minimum Gasteiger partial charge on any atom is -0.496 e. The van der Waals surface area contributed by atoms with Crippen LogP contribution in [0, 0.1) is 0 Å². The fourth-order valence-electron chi connectivity index (χ4n) is 2.55. The van der Waals surface area contributed by atoms with Crippen LogP contribution in [0.15, 0.2) is 72.9 Å². The van der Waals surface area contributed by atoms with Gasteiger partial charge in [0.15, 0.2) is 0 Å². The van der Waals surface area contributed by atoms with E-state index in [1.165, 1.54) is 5.56 Å². The number of anilines is 1. The van der Waals surface area contributed by atoms with Gasteiger partial charge in [-0.3, -0.25) is 4.79 Å². The zero-order valence-corrected chi connectivity index (χ0v) is 14.6. The molecule has 26 heavy (non-hydrogen) atoms. The number of amides is 1. The Morgan fingerprint density at radius 3 is 2.46 bits per heavy atom. The second-order valence-electron chi connectivity index (χ2n) is 5.77. The van der Waals surface area contributed by atoms with E-state index in [4.69, 9.17) is 4.74 Å². The zero-order chi connectivity index (χ0) is 18.2. The first kappa shape index (κ1) is 17.5. The normalized spacial score (nSPS) is 10.2. The predicted molar refractivity (Wildman–Crippen MR) is 102 cm³/mol. The maximum atomic E-state index is 12.3. The Labute approximate surface area is 153 Å². The zero-order valence-electron chi connectivity index (χ0n) is 14.6. The maximum Gasteiger partial charge on any atom is 0.270 e. The summed E-state index contributed by atoms with van der Waals surface area (Å²) in [4.78, 5) is 16.5. The summed E-state index contributed by atoms with van der Waals surface area (Å²) in [5, 5.41) is 6.15. The van der Waals surface area contributed by atoms with Gasteiger partial charge in [-0.25, -0.2) is 4.98 Å². The van der Waals surface area contributed by atoms with E-state index in [0.29, 0.717) is 18.8 Å². The van der Waals surface area contributed by atoms with Gasteiger partial charge in [0, 0.05) is 18.7 Å². The maximum absolute atomic E-state index is 12.3. The second-order valence-corrected chi connectivity index (χ2v) is 5.77. The lowest BCUT2D eigenvalue weighted by atomic mass is 10.2. The number of rotatable bonds is 7. The van der Waals surface area contributed by atoms with Gasteiger partial charge < -0.3 is 15.4 Å². The number of ether oxygens (including phenoxy) is 1. The number of carbonyl (C=O) groups excluding carboxylic acids is 1. The number of nitrogens with zero attached hydrogens (tertiary/aromatic N) is 1. The summed E-state index contributed by atoms with van der Waals surface area (Å²) >= 11 is 0. The predicted octanol–water partition coefficient (Wildman–Crippen LogP) is 3.63. The van der Waals surface area contributed by atoms with Gasteiger partial charge in [0.25, 0.3) is 5.91 Å². The Bertz CT molecular complexity index is 849. The SMILES string of the molecule is COc1ccccc1CNC(=O)c1ccc(NCc2ccccc2)cn1. The Hall–Kier alpha value is -3.34. The van der Waals surface area contributed by atoms with Gasteiger partial charge in [-0.15, -0.1) is 0 Å². The molecule has 0 aliphatic heterocycles. The molecular weight excluding hydrogens is 326 g/mol. The number of nitrogens with one attached hydrogen (secondary N) is 2. The summed E-state index contributed by atoms with van der Waals surface area (Å²) in [5.41, 5.74) is 3.36. The molecule has 3 aromatic rings. The number of hydrogen-bond acceptors (Lipinski definition) is 4. The number of para-hydroxylation sites is 1. The van der Waals surface area contributed by atoms with Crippen molar-refractivity contribution in [3.8, 4) is 5.75 Å². The Balaban J connectivity index is 1.55. The van der Waals surface area contributed by atoms with E-state index in [9.17, 15) is 4.79 Å². The molecule has 5 nitrogen and oxygen atoms in total. The molecule has 0 atom stereocenters. The summed E-state index contributed by atoms with van der Waals surface area (Å²) in [7, 11) is 1.61. The van der Waals surface area contributed by atoms with E-state index < -0.39 is 0 Å². The van der Waals surface area contributed by atoms with Crippen LogP contribution >= 0.6 is 0 Å². The minimum atomic E-state index is -0.217. The fraction of sp³-hybridized carbons (Fsp3) is 0.143. The van der Waals surface area contributed by atoms with Crippen molar-refractivity contribution in [1.29, 1.82) is 0 Å². The molecule has 0 unspecified atom stereocenters. The third-order valence-corrected chi connectivity index (χ3v) is 3.97. The fourth-order valence-corrected chi connectivity index (χ4v) is 2.55. The quantitative estimate of drug-likeness (QED) is 0.685. The summed E-state index contributed by atoms with van der Waals surface area (Å²) in [6.45, 7) is 1.10. The average Bonchev–Trinajstić information content (AvgIpc) is 2.72. The number of benzene rings is 2. The van der Waals surface area contributed by atoms with Crippen LogP contribution in [-0.4, -0.2) is 18.0 Å². The van der Waals surface area contributed by atoms with E-state index in [2.05, 4.69) is 27.8 Å². The Kier molecular flexibility index (Phi) is 5.83. The van der Waals surface area contributed by atoms with E-state index >= 15 is 0 Å². The third kappa shape index (κ3) is 4.60. The molecule has 0 radical (unpaired) electrons. The number of pyridine rings is 1. The molecule has 0 aliphatic rings. The first-order chi connectivity index (χ1) is 12.8. The lowest BCUT2D eigenvalue weighted by molar-refractivity contribution is 0.0945. The van der Waals surface area contributed by atoms with Crippen LogP contribution in [0.25, 0.3) is 0 Å². The third-order valence-electron chi connectivity index (χ3n) is 3.97. The van der Waals surface area contributed by atoms with Crippen molar-refractivity contribution < 1.29 is 9.53 Å². The lowest BCUT2D eigenvalue weighted by Crippen LogP contribution is -2.24. The van der Waals surface area contributed by atoms with Crippen LogP contribution in [0.2, 0.25) is 0 Å². The summed E-state index contributed by atoms with van der Waals surface area (Å²) in [6, 6.07) is 21.3. The molecule has 5 heteroatoms. The largest absolute Gasteiger partial charge is 0.496 e. The monoisotopic (exact) mass is 347 g/mol. The molecule has 0 fully saturated rings. The lowest BCUT2D eigenvalue weighted by Gasteiger charge is -2.10. The Morgan fingerprint density at radius 1 is 0.962 bits per heavy atom. The highest BCUT2D eigenvalue weighted by Crippen LogP contribution is 2.17. The highest BCUT2D eigenvalue weighted by molar-refractivity contribution is 5.92. The molecule has 0 saturated heterocycles. The van der Waals surface area contributed by atoms with Crippen LogP contribution in [0.5, 0.6) is 5.75 Å². The van der Waals surface area contributed by atoms with Gasteiger partial charge in [-0.2, -0.15) is 0 Å². The van der Waals surface area contributed by atoms with E-state index in [-0.39, 0.29) is 5.91 Å². The molecule has 1 amide bonds. The molecule has 0 saturated carbocycles. The standard InChI is InChI=1S/C21H21N3O2/c1-26-20-10-6-5-9-17(20)14-24-21(25)19-12-11-18(15-23-19)22-13-16-7-3-2-4-8-16/h2-12,15,22H,13-14H2,1H3,(H,24,25). The van der Waals surface area contributed by atoms with Crippen LogP contribution in [0.4, 0.5) is 5.69 Å². The van der Waals surface area contributed by atoms with Crippen LogP contribution in [0.3, 0.4) is 0 Å². The van der Waals surface area contributed by atoms with Crippen LogP contribution < -0.4 is 15.4 Å². The van der Waals surface area contributed by atoms with Gasteiger partial charge in [-0.05, 0) is 23.8 Å². The van der Waals surface area contributed by atoms with Gasteiger partial charge in [0.05, 0.1) is 19.0 Å². The highest BCUT2D eigenvalue weighted by Gasteiger charge is 2.08. The second kappa shape index (κ2) is 8.67.